The van der Waals surface area contributed by atoms with Crippen LogP contribution in [0.3, 0.4) is 0 Å². The standard InChI is InChI=1S/2C15H15N3O3/c2*1-21-13-7-4-11(14(19)8-13)9-17-18-15(20)10-2-5-12(16)6-3-10/h2*2-9,19H,16H2,1H3,(H,18,20)/b2*17-9+. The minimum atomic E-state index is -0.362. The third-order valence-electron chi connectivity index (χ3n) is 5.56. The highest BCUT2D eigenvalue weighted by Gasteiger charge is 2.05. The Morgan fingerprint density at radius 1 is 0.643 bits per heavy atom. The van der Waals surface area contributed by atoms with Crippen LogP contribution in [0.2, 0.25) is 0 Å². The van der Waals surface area contributed by atoms with Gasteiger partial charge in [0.15, 0.2) is 0 Å². The van der Waals surface area contributed by atoms with Crippen LogP contribution < -0.4 is 31.8 Å². The highest BCUT2D eigenvalue weighted by atomic mass is 16.5. The third-order valence-corrected chi connectivity index (χ3v) is 5.56. The van der Waals surface area contributed by atoms with Crippen molar-refractivity contribution in [2.24, 2.45) is 10.2 Å². The van der Waals surface area contributed by atoms with E-state index in [0.717, 1.165) is 0 Å². The van der Waals surface area contributed by atoms with Crippen LogP contribution in [-0.4, -0.2) is 48.7 Å². The number of aromatic hydroxyl groups is 2. The Balaban J connectivity index is 0.000000230. The molecule has 8 N–H and O–H groups in total. The van der Waals surface area contributed by atoms with Crippen LogP contribution in [0.1, 0.15) is 31.8 Å². The number of nitrogens with zero attached hydrogens (tertiary/aromatic N) is 2. The van der Waals surface area contributed by atoms with Gasteiger partial charge in [0, 0.05) is 45.8 Å². The molecule has 0 radical (unpaired) electrons. The lowest BCUT2D eigenvalue weighted by Gasteiger charge is -2.03. The molecule has 4 aromatic carbocycles. The van der Waals surface area contributed by atoms with Gasteiger partial charge in [0.1, 0.15) is 23.0 Å². The lowest BCUT2D eigenvalue weighted by atomic mass is 10.2. The van der Waals surface area contributed by atoms with Crippen LogP contribution in [0.4, 0.5) is 11.4 Å². The molecular weight excluding hydrogens is 540 g/mol. The number of phenolic OH excluding ortho intramolecular Hbond substituents is 2. The second-order valence-corrected chi connectivity index (χ2v) is 8.49. The van der Waals surface area contributed by atoms with Crippen molar-refractivity contribution >= 4 is 35.6 Å². The van der Waals surface area contributed by atoms with Crippen molar-refractivity contribution in [1.29, 1.82) is 0 Å². The molecular formula is C30H30N6O6. The summed E-state index contributed by atoms with van der Waals surface area (Å²) in [5.41, 5.74) is 18.8. The number of carbonyl (C=O) groups excluding carboxylic acids is 2. The number of ether oxygens (including phenoxy) is 2. The van der Waals surface area contributed by atoms with E-state index >= 15 is 0 Å². The predicted octanol–water partition coefficient (Wildman–Crippen LogP) is 3.49. The summed E-state index contributed by atoms with van der Waals surface area (Å²) >= 11 is 0. The largest absolute Gasteiger partial charge is 0.507 e. The van der Waals surface area contributed by atoms with Gasteiger partial charge in [-0.25, -0.2) is 10.9 Å². The molecule has 4 rings (SSSR count). The Hall–Kier alpha value is -6.04. The zero-order chi connectivity index (χ0) is 30.5. The molecule has 0 fully saturated rings. The number of anilines is 2. The minimum absolute atomic E-state index is 0.0137. The van der Waals surface area contributed by atoms with Gasteiger partial charge in [-0.1, -0.05) is 0 Å². The van der Waals surface area contributed by atoms with Gasteiger partial charge < -0.3 is 31.2 Å². The molecule has 0 atom stereocenters. The molecule has 2 amide bonds. The summed E-state index contributed by atoms with van der Waals surface area (Å²) in [4.78, 5) is 23.6. The molecule has 0 saturated heterocycles. The normalized spacial score (nSPS) is 10.5. The van der Waals surface area contributed by atoms with Gasteiger partial charge in [0.2, 0.25) is 0 Å². The van der Waals surface area contributed by atoms with Crippen molar-refractivity contribution in [1.82, 2.24) is 10.9 Å². The van der Waals surface area contributed by atoms with Crippen molar-refractivity contribution in [2.45, 2.75) is 0 Å². The number of nitrogen functional groups attached to an aromatic ring is 2. The molecule has 12 nitrogen and oxygen atoms in total. The molecule has 0 spiro atoms. The fraction of sp³-hybridized carbons (Fsp3) is 0.0667. The molecule has 0 bridgehead atoms. The number of hydrogen-bond acceptors (Lipinski definition) is 10. The van der Waals surface area contributed by atoms with E-state index in [1.54, 1.807) is 72.8 Å². The molecule has 0 unspecified atom stereocenters. The fourth-order valence-corrected chi connectivity index (χ4v) is 3.24. The van der Waals surface area contributed by atoms with Gasteiger partial charge in [-0.2, -0.15) is 10.2 Å². The van der Waals surface area contributed by atoms with Crippen LogP contribution >= 0.6 is 0 Å². The van der Waals surface area contributed by atoms with E-state index in [4.69, 9.17) is 20.9 Å². The molecule has 0 aliphatic heterocycles. The smallest absolute Gasteiger partial charge is 0.271 e. The maximum absolute atomic E-state index is 11.8. The van der Waals surface area contributed by atoms with Gasteiger partial charge in [0.25, 0.3) is 11.8 Å². The lowest BCUT2D eigenvalue weighted by molar-refractivity contribution is 0.0947. The second kappa shape index (κ2) is 14.9. The predicted molar refractivity (Wildman–Crippen MR) is 161 cm³/mol. The molecule has 0 aliphatic carbocycles. The maximum atomic E-state index is 11.8. The number of phenols is 2. The lowest BCUT2D eigenvalue weighted by Crippen LogP contribution is -2.17. The van der Waals surface area contributed by atoms with Gasteiger partial charge in [-0.3, -0.25) is 9.59 Å². The van der Waals surface area contributed by atoms with E-state index in [9.17, 15) is 19.8 Å². The van der Waals surface area contributed by atoms with Gasteiger partial charge in [0.05, 0.1) is 26.6 Å². The quantitative estimate of drug-likeness (QED) is 0.105. The van der Waals surface area contributed by atoms with Crippen molar-refractivity contribution in [2.75, 3.05) is 25.7 Å². The number of hydrazone groups is 2. The first-order chi connectivity index (χ1) is 20.2. The summed E-state index contributed by atoms with van der Waals surface area (Å²) in [6, 6.07) is 22.5. The van der Waals surface area contributed by atoms with Gasteiger partial charge in [-0.15, -0.1) is 0 Å². The Labute approximate surface area is 241 Å². The molecule has 0 aromatic heterocycles. The number of benzene rings is 4. The highest BCUT2D eigenvalue weighted by molar-refractivity contribution is 5.96. The average Bonchev–Trinajstić information content (AvgIpc) is 2.99. The van der Waals surface area contributed by atoms with Crippen LogP contribution in [-0.2, 0) is 0 Å². The zero-order valence-electron chi connectivity index (χ0n) is 22.8. The summed E-state index contributed by atoms with van der Waals surface area (Å²) in [5, 5.41) is 27.1. The van der Waals surface area contributed by atoms with E-state index in [1.165, 1.54) is 38.8 Å². The van der Waals surface area contributed by atoms with Crippen molar-refractivity contribution in [3.05, 3.63) is 107 Å². The summed E-state index contributed by atoms with van der Waals surface area (Å²) < 4.78 is 9.95. The van der Waals surface area contributed by atoms with E-state index in [1.807, 2.05) is 0 Å². The number of amides is 2. The van der Waals surface area contributed by atoms with Crippen LogP contribution in [0.25, 0.3) is 0 Å². The fourth-order valence-electron chi connectivity index (χ4n) is 3.24. The molecule has 216 valence electrons. The Morgan fingerprint density at radius 3 is 1.31 bits per heavy atom. The minimum Gasteiger partial charge on any atom is -0.507 e. The third kappa shape index (κ3) is 9.02. The summed E-state index contributed by atoms with van der Waals surface area (Å²) in [6.07, 6.45) is 2.70. The first-order valence-electron chi connectivity index (χ1n) is 12.3. The Bertz CT molecular complexity index is 1450. The van der Waals surface area contributed by atoms with E-state index in [0.29, 0.717) is 45.1 Å². The number of hydrogen-bond donors (Lipinski definition) is 6. The second-order valence-electron chi connectivity index (χ2n) is 8.49. The number of rotatable bonds is 8. The topological polar surface area (TPSA) is 194 Å². The van der Waals surface area contributed by atoms with Crippen LogP contribution in [0.15, 0.2) is 95.1 Å². The Kier molecular flexibility index (Phi) is 10.8. The molecule has 12 heteroatoms. The SMILES string of the molecule is COc1ccc(/C=N/NC(=O)c2ccc(N)cc2)c(O)c1.COc1ccc(/C=N/NC(=O)c2ccc(N)cc2)c(O)c1. The molecule has 0 aliphatic rings. The van der Waals surface area contributed by atoms with E-state index in [-0.39, 0.29) is 23.3 Å². The van der Waals surface area contributed by atoms with E-state index in [2.05, 4.69) is 21.1 Å². The van der Waals surface area contributed by atoms with Gasteiger partial charge in [-0.05, 0) is 72.8 Å². The zero-order valence-corrected chi connectivity index (χ0v) is 22.8. The molecule has 0 heterocycles. The highest BCUT2D eigenvalue weighted by Crippen LogP contribution is 2.22. The van der Waals surface area contributed by atoms with E-state index < -0.39 is 0 Å². The first-order valence-corrected chi connectivity index (χ1v) is 12.3. The Morgan fingerprint density at radius 2 is 1.00 bits per heavy atom. The summed E-state index contributed by atoms with van der Waals surface area (Å²) in [7, 11) is 3.02. The van der Waals surface area contributed by atoms with Crippen molar-refractivity contribution in [3.8, 4) is 23.0 Å². The number of carbonyl (C=O) groups is 2. The van der Waals surface area contributed by atoms with Crippen molar-refractivity contribution in [3.63, 3.8) is 0 Å². The number of nitrogens with two attached hydrogens (primary N) is 2. The number of nitrogens with one attached hydrogen (secondary N) is 2. The number of methoxy groups -OCH3 is 2. The average molecular weight is 571 g/mol. The maximum Gasteiger partial charge on any atom is 0.271 e. The summed E-state index contributed by atoms with van der Waals surface area (Å²) in [5.74, 6) is 0.379. The van der Waals surface area contributed by atoms with Crippen LogP contribution in [0, 0.1) is 0 Å². The van der Waals surface area contributed by atoms with Gasteiger partial charge >= 0.3 is 0 Å². The first kappa shape index (κ1) is 30.5. The van der Waals surface area contributed by atoms with Crippen LogP contribution in [0.5, 0.6) is 23.0 Å². The molecule has 42 heavy (non-hydrogen) atoms. The molecule has 0 saturated carbocycles. The summed E-state index contributed by atoms with van der Waals surface area (Å²) in [6.45, 7) is 0. The molecule has 4 aromatic rings. The monoisotopic (exact) mass is 570 g/mol. The van der Waals surface area contributed by atoms with Crippen molar-refractivity contribution < 1.29 is 29.3 Å².